The Labute approximate surface area is 97.3 Å². The molecule has 2 heteroatoms. The molecule has 0 radical (unpaired) electrons. The molecule has 2 rings (SSSR count). The number of ether oxygens (including phenoxy) is 1. The average molecular weight is 217 g/mol. The van der Waals surface area contributed by atoms with E-state index in [1.54, 1.807) is 0 Å². The highest BCUT2D eigenvalue weighted by molar-refractivity contribution is 5.65. The lowest BCUT2D eigenvalue weighted by atomic mass is 9.83. The van der Waals surface area contributed by atoms with Gasteiger partial charge in [0.15, 0.2) is 0 Å². The van der Waals surface area contributed by atoms with Crippen LogP contribution in [-0.4, -0.2) is 26.8 Å². The Bertz CT molecular complexity index is 386. The van der Waals surface area contributed by atoms with Crippen molar-refractivity contribution in [2.24, 2.45) is 0 Å². The van der Waals surface area contributed by atoms with Gasteiger partial charge >= 0.3 is 0 Å². The van der Waals surface area contributed by atoms with Crippen LogP contribution in [0.1, 0.15) is 18.1 Å². The van der Waals surface area contributed by atoms with E-state index in [1.165, 1.54) is 11.1 Å². The van der Waals surface area contributed by atoms with Gasteiger partial charge in [-0.3, -0.25) is 0 Å². The number of hydrogen-bond acceptors (Lipinski definition) is 2. The van der Waals surface area contributed by atoms with Crippen LogP contribution in [0.4, 0.5) is 0 Å². The largest absolute Gasteiger partial charge is 0.380 e. The summed E-state index contributed by atoms with van der Waals surface area (Å²) in [5.41, 5.74) is 2.71. The summed E-state index contributed by atoms with van der Waals surface area (Å²) in [5.74, 6) is 0. The van der Waals surface area contributed by atoms with Crippen LogP contribution in [0.5, 0.6) is 0 Å². The maximum Gasteiger partial charge on any atom is 0.0610 e. The highest BCUT2D eigenvalue weighted by Gasteiger charge is 2.34. The van der Waals surface area contributed by atoms with Crippen molar-refractivity contribution in [2.45, 2.75) is 12.3 Å². The van der Waals surface area contributed by atoms with E-state index in [0.717, 1.165) is 19.8 Å². The molecule has 16 heavy (non-hydrogen) atoms. The molecular formula is C14H19NO. The van der Waals surface area contributed by atoms with Crippen molar-refractivity contribution >= 4 is 6.08 Å². The predicted octanol–water partition coefficient (Wildman–Crippen LogP) is 2.21. The van der Waals surface area contributed by atoms with E-state index in [9.17, 15) is 0 Å². The minimum atomic E-state index is 0.0152. The summed E-state index contributed by atoms with van der Waals surface area (Å²) >= 11 is 0. The lowest BCUT2D eigenvalue weighted by Crippen LogP contribution is -2.38. The molecule has 1 N–H and O–H groups in total. The fraction of sp³-hybridized carbons (Fsp3) is 0.429. The Morgan fingerprint density at radius 2 is 2.12 bits per heavy atom. The van der Waals surface area contributed by atoms with Crippen LogP contribution in [0.25, 0.3) is 6.08 Å². The van der Waals surface area contributed by atoms with Gasteiger partial charge in [-0.1, -0.05) is 36.4 Å². The van der Waals surface area contributed by atoms with Gasteiger partial charge in [0.05, 0.1) is 6.61 Å². The maximum atomic E-state index is 5.64. The van der Waals surface area contributed by atoms with Gasteiger partial charge in [0.25, 0.3) is 0 Å². The standard InChI is InChI=1S/C14H19NO/c1-3-16-11-14(10-15-2)9-8-12-6-4-5-7-13(12)14/h4-9,15H,3,10-11H2,1-2H3. The van der Waals surface area contributed by atoms with Crippen LogP contribution in [-0.2, 0) is 10.2 Å². The Kier molecular flexibility index (Phi) is 3.42. The summed E-state index contributed by atoms with van der Waals surface area (Å²) in [7, 11) is 1.99. The number of nitrogens with one attached hydrogen (secondary N) is 1. The summed E-state index contributed by atoms with van der Waals surface area (Å²) in [5, 5.41) is 3.27. The van der Waals surface area contributed by atoms with E-state index in [0.29, 0.717) is 0 Å². The Morgan fingerprint density at radius 3 is 2.88 bits per heavy atom. The third-order valence-electron chi connectivity index (χ3n) is 3.14. The molecule has 0 amide bonds. The highest BCUT2D eigenvalue weighted by atomic mass is 16.5. The Morgan fingerprint density at radius 1 is 1.31 bits per heavy atom. The number of benzene rings is 1. The molecule has 0 bridgehead atoms. The van der Waals surface area contributed by atoms with Crippen molar-refractivity contribution in [1.29, 1.82) is 0 Å². The van der Waals surface area contributed by atoms with Crippen molar-refractivity contribution in [2.75, 3.05) is 26.8 Å². The van der Waals surface area contributed by atoms with Gasteiger partial charge < -0.3 is 10.1 Å². The van der Waals surface area contributed by atoms with Crippen molar-refractivity contribution in [3.8, 4) is 0 Å². The van der Waals surface area contributed by atoms with Crippen LogP contribution in [0.2, 0.25) is 0 Å². The van der Waals surface area contributed by atoms with E-state index < -0.39 is 0 Å². The molecule has 1 atom stereocenters. The number of fused-ring (bicyclic) bond motifs is 1. The van der Waals surface area contributed by atoms with E-state index in [2.05, 4.69) is 41.7 Å². The van der Waals surface area contributed by atoms with Crippen LogP contribution in [0, 0.1) is 0 Å². The summed E-state index contributed by atoms with van der Waals surface area (Å²) in [6.45, 7) is 4.47. The quantitative estimate of drug-likeness (QED) is 0.816. The molecule has 0 saturated heterocycles. The molecule has 2 nitrogen and oxygen atoms in total. The Hall–Kier alpha value is -1.12. The second-order valence-electron chi connectivity index (χ2n) is 4.24. The molecule has 0 saturated carbocycles. The van der Waals surface area contributed by atoms with Crippen molar-refractivity contribution in [3.63, 3.8) is 0 Å². The van der Waals surface area contributed by atoms with E-state index in [4.69, 9.17) is 4.74 Å². The average Bonchev–Trinajstić information content (AvgIpc) is 2.68. The normalized spacial score (nSPS) is 22.4. The van der Waals surface area contributed by atoms with Gasteiger partial charge in [-0.05, 0) is 25.1 Å². The third kappa shape index (κ3) is 1.91. The SMILES string of the molecule is CCOCC1(CNC)C=Cc2ccccc21. The molecule has 0 fully saturated rings. The summed E-state index contributed by atoms with van der Waals surface area (Å²) < 4.78 is 5.64. The first-order valence-electron chi connectivity index (χ1n) is 5.83. The first-order valence-corrected chi connectivity index (χ1v) is 5.83. The van der Waals surface area contributed by atoms with Gasteiger partial charge in [0.1, 0.15) is 0 Å². The fourth-order valence-electron chi connectivity index (χ4n) is 2.37. The molecule has 0 heterocycles. The van der Waals surface area contributed by atoms with Crippen molar-refractivity contribution in [3.05, 3.63) is 41.5 Å². The number of rotatable bonds is 5. The second kappa shape index (κ2) is 4.81. The number of likely N-dealkylation sites (N-methyl/N-ethyl adjacent to an activating group) is 1. The highest BCUT2D eigenvalue weighted by Crippen LogP contribution is 2.35. The molecule has 1 unspecified atom stereocenters. The van der Waals surface area contributed by atoms with Crippen LogP contribution < -0.4 is 5.32 Å². The maximum absolute atomic E-state index is 5.64. The van der Waals surface area contributed by atoms with Gasteiger partial charge in [0, 0.05) is 18.6 Å². The fourth-order valence-corrected chi connectivity index (χ4v) is 2.37. The van der Waals surface area contributed by atoms with Gasteiger partial charge in [0.2, 0.25) is 0 Å². The Balaban J connectivity index is 2.31. The monoisotopic (exact) mass is 217 g/mol. The molecule has 1 aliphatic rings. The molecule has 0 aliphatic heterocycles. The van der Waals surface area contributed by atoms with Crippen LogP contribution in [0.15, 0.2) is 30.3 Å². The molecule has 1 aromatic rings. The molecule has 0 spiro atoms. The van der Waals surface area contributed by atoms with Crippen molar-refractivity contribution in [1.82, 2.24) is 5.32 Å². The topological polar surface area (TPSA) is 21.3 Å². The summed E-state index contributed by atoms with van der Waals surface area (Å²) in [6.07, 6.45) is 4.47. The lowest BCUT2D eigenvalue weighted by molar-refractivity contribution is 0.110. The first kappa shape index (κ1) is 11.4. The molecule has 86 valence electrons. The summed E-state index contributed by atoms with van der Waals surface area (Å²) in [4.78, 5) is 0. The molecule has 0 aromatic heterocycles. The second-order valence-corrected chi connectivity index (χ2v) is 4.24. The van der Waals surface area contributed by atoms with Crippen LogP contribution in [0.3, 0.4) is 0 Å². The van der Waals surface area contributed by atoms with Crippen LogP contribution >= 0.6 is 0 Å². The van der Waals surface area contributed by atoms with Gasteiger partial charge in [-0.15, -0.1) is 0 Å². The van der Waals surface area contributed by atoms with E-state index in [-0.39, 0.29) is 5.41 Å². The van der Waals surface area contributed by atoms with Crippen molar-refractivity contribution < 1.29 is 4.74 Å². The third-order valence-corrected chi connectivity index (χ3v) is 3.14. The van der Waals surface area contributed by atoms with E-state index >= 15 is 0 Å². The summed E-state index contributed by atoms with van der Waals surface area (Å²) in [6, 6.07) is 8.54. The first-order chi connectivity index (χ1) is 7.82. The zero-order valence-electron chi connectivity index (χ0n) is 9.99. The molecule has 1 aliphatic carbocycles. The van der Waals surface area contributed by atoms with Gasteiger partial charge in [-0.25, -0.2) is 0 Å². The number of hydrogen-bond donors (Lipinski definition) is 1. The van der Waals surface area contributed by atoms with E-state index in [1.807, 2.05) is 14.0 Å². The molecule has 1 aromatic carbocycles. The zero-order valence-corrected chi connectivity index (χ0v) is 9.99. The molecular weight excluding hydrogens is 198 g/mol. The smallest absolute Gasteiger partial charge is 0.0610 e. The minimum absolute atomic E-state index is 0.0152. The minimum Gasteiger partial charge on any atom is -0.380 e. The zero-order chi connectivity index (χ0) is 11.4. The van der Waals surface area contributed by atoms with Gasteiger partial charge in [-0.2, -0.15) is 0 Å². The lowest BCUT2D eigenvalue weighted by Gasteiger charge is -2.28. The predicted molar refractivity (Wildman–Crippen MR) is 67.6 cm³/mol.